The molecule has 1 heterocycles. The molecule has 2 rings (SSSR count). The van der Waals surface area contributed by atoms with Crippen molar-refractivity contribution in [3.63, 3.8) is 0 Å². The van der Waals surface area contributed by atoms with Gasteiger partial charge >= 0.3 is 0 Å². The zero-order chi connectivity index (χ0) is 13.0. The van der Waals surface area contributed by atoms with E-state index in [4.69, 9.17) is 11.6 Å². The van der Waals surface area contributed by atoms with Crippen LogP contribution >= 0.6 is 22.9 Å². The Hall–Kier alpha value is -1.56. The lowest BCUT2D eigenvalue weighted by molar-refractivity contribution is 1.14. The third kappa shape index (κ3) is 2.64. The Bertz CT molecular complexity index is 588. The lowest BCUT2D eigenvalue weighted by Crippen LogP contribution is -1.85. The Morgan fingerprint density at radius 3 is 2.50 bits per heavy atom. The zero-order valence-corrected chi connectivity index (χ0v) is 11.6. The number of hydrogen-bond donors (Lipinski definition) is 0. The molecular formula is C15H12ClNS. The predicted octanol–water partition coefficient (Wildman–Crippen LogP) is 4.94. The Kier molecular flexibility index (Phi) is 4.19. The minimum atomic E-state index is 0.516. The van der Waals surface area contributed by atoms with Gasteiger partial charge in [0, 0.05) is 4.88 Å². The van der Waals surface area contributed by atoms with Gasteiger partial charge < -0.3 is 0 Å². The van der Waals surface area contributed by atoms with Gasteiger partial charge in [0.1, 0.15) is 6.07 Å². The normalized spacial score (nSPS) is 11.8. The van der Waals surface area contributed by atoms with E-state index in [0.29, 0.717) is 10.6 Å². The summed E-state index contributed by atoms with van der Waals surface area (Å²) in [5.41, 5.74) is 2.69. The van der Waals surface area contributed by atoms with Crippen LogP contribution in [0.15, 0.2) is 41.8 Å². The number of benzene rings is 1. The first-order valence-electron chi connectivity index (χ1n) is 5.69. The van der Waals surface area contributed by atoms with Gasteiger partial charge in [0.2, 0.25) is 0 Å². The van der Waals surface area contributed by atoms with Gasteiger partial charge in [-0.25, -0.2) is 0 Å². The van der Waals surface area contributed by atoms with Crippen LogP contribution in [0.4, 0.5) is 0 Å². The summed E-state index contributed by atoms with van der Waals surface area (Å²) in [7, 11) is 0. The van der Waals surface area contributed by atoms with E-state index in [0.717, 1.165) is 16.9 Å². The van der Waals surface area contributed by atoms with Crippen molar-refractivity contribution in [2.45, 2.75) is 13.3 Å². The average Bonchev–Trinajstić information content (AvgIpc) is 2.93. The monoisotopic (exact) mass is 273 g/mol. The fourth-order valence-electron chi connectivity index (χ4n) is 1.66. The van der Waals surface area contributed by atoms with Crippen molar-refractivity contribution in [2.24, 2.45) is 0 Å². The van der Waals surface area contributed by atoms with Crippen LogP contribution in [0.3, 0.4) is 0 Å². The molecule has 2 aromatic rings. The maximum absolute atomic E-state index is 9.24. The molecular weight excluding hydrogens is 262 g/mol. The van der Waals surface area contributed by atoms with E-state index in [9.17, 15) is 5.26 Å². The number of hydrogen-bond acceptors (Lipinski definition) is 2. The first kappa shape index (κ1) is 12.9. The SMILES string of the molecule is CCc1ccc(C(Cl)=C(C#N)c2cccs2)cc1. The number of thiophene rings is 1. The molecule has 0 unspecified atom stereocenters. The minimum absolute atomic E-state index is 0.516. The van der Waals surface area contributed by atoms with Gasteiger partial charge in [-0.05, 0) is 29.0 Å². The van der Waals surface area contributed by atoms with Crippen molar-refractivity contribution in [2.75, 3.05) is 0 Å². The first-order valence-corrected chi connectivity index (χ1v) is 6.95. The maximum Gasteiger partial charge on any atom is 0.102 e. The van der Waals surface area contributed by atoms with Crippen molar-refractivity contribution in [3.8, 4) is 6.07 Å². The van der Waals surface area contributed by atoms with Gasteiger partial charge in [-0.1, -0.05) is 48.9 Å². The summed E-state index contributed by atoms with van der Waals surface area (Å²) in [5, 5.41) is 11.7. The summed E-state index contributed by atoms with van der Waals surface area (Å²) in [6.07, 6.45) is 0.998. The fourth-order valence-corrected chi connectivity index (χ4v) is 2.72. The summed E-state index contributed by atoms with van der Waals surface area (Å²) in [4.78, 5) is 0.905. The minimum Gasteiger partial charge on any atom is -0.192 e. The topological polar surface area (TPSA) is 23.8 Å². The van der Waals surface area contributed by atoms with Gasteiger partial charge in [0.05, 0.1) is 10.6 Å². The molecule has 1 nitrogen and oxygen atoms in total. The lowest BCUT2D eigenvalue weighted by atomic mass is 10.1. The number of halogens is 1. The number of rotatable bonds is 3. The van der Waals surface area contributed by atoms with E-state index in [-0.39, 0.29) is 0 Å². The molecule has 18 heavy (non-hydrogen) atoms. The van der Waals surface area contributed by atoms with E-state index in [1.165, 1.54) is 16.9 Å². The van der Waals surface area contributed by atoms with Crippen LogP contribution in [0.1, 0.15) is 22.9 Å². The first-order chi connectivity index (χ1) is 8.76. The van der Waals surface area contributed by atoms with E-state index >= 15 is 0 Å². The van der Waals surface area contributed by atoms with E-state index in [1.807, 2.05) is 41.8 Å². The Morgan fingerprint density at radius 1 is 1.28 bits per heavy atom. The van der Waals surface area contributed by atoms with Crippen molar-refractivity contribution in [1.29, 1.82) is 5.26 Å². The van der Waals surface area contributed by atoms with Crippen LogP contribution in [-0.4, -0.2) is 0 Å². The van der Waals surface area contributed by atoms with Crippen LogP contribution < -0.4 is 0 Å². The van der Waals surface area contributed by atoms with Crippen LogP contribution in [0, 0.1) is 11.3 Å². The maximum atomic E-state index is 9.24. The summed E-state index contributed by atoms with van der Waals surface area (Å²) in [6.45, 7) is 2.11. The molecule has 0 spiro atoms. The molecule has 0 amide bonds. The van der Waals surface area contributed by atoms with E-state index in [2.05, 4.69) is 13.0 Å². The quantitative estimate of drug-likeness (QED) is 0.727. The molecule has 1 aromatic carbocycles. The molecule has 0 saturated heterocycles. The summed E-state index contributed by atoms with van der Waals surface area (Å²) in [5.74, 6) is 0. The summed E-state index contributed by atoms with van der Waals surface area (Å²) >= 11 is 7.84. The van der Waals surface area contributed by atoms with Gasteiger partial charge in [0.25, 0.3) is 0 Å². The van der Waals surface area contributed by atoms with Gasteiger partial charge in [-0.2, -0.15) is 5.26 Å². The van der Waals surface area contributed by atoms with Crippen LogP contribution in [0.5, 0.6) is 0 Å². The zero-order valence-electron chi connectivity index (χ0n) is 9.98. The van der Waals surface area contributed by atoms with Gasteiger partial charge in [0.15, 0.2) is 0 Å². The standard InChI is InChI=1S/C15H12ClNS/c1-2-11-5-7-12(8-6-11)15(16)13(10-17)14-4-3-9-18-14/h3-9H,2H2,1H3. The van der Waals surface area contributed by atoms with Crippen molar-refractivity contribution < 1.29 is 0 Å². The second kappa shape index (κ2) is 5.86. The highest BCUT2D eigenvalue weighted by Crippen LogP contribution is 2.31. The smallest absolute Gasteiger partial charge is 0.102 e. The molecule has 0 radical (unpaired) electrons. The summed E-state index contributed by atoms with van der Waals surface area (Å²) < 4.78 is 0. The summed E-state index contributed by atoms with van der Waals surface area (Å²) in [6, 6.07) is 14.0. The third-order valence-corrected chi connectivity index (χ3v) is 4.01. The van der Waals surface area contributed by atoms with Gasteiger partial charge in [-0.15, -0.1) is 11.3 Å². The number of allylic oxidation sites excluding steroid dienone is 1. The molecule has 90 valence electrons. The number of aryl methyl sites for hydroxylation is 1. The molecule has 0 bridgehead atoms. The van der Waals surface area contributed by atoms with E-state index in [1.54, 1.807) is 0 Å². The Balaban J connectivity index is 2.44. The van der Waals surface area contributed by atoms with Crippen molar-refractivity contribution >= 4 is 33.5 Å². The molecule has 0 saturated carbocycles. The average molecular weight is 274 g/mol. The van der Waals surface area contributed by atoms with Crippen LogP contribution in [-0.2, 0) is 6.42 Å². The highest BCUT2D eigenvalue weighted by Gasteiger charge is 2.10. The third-order valence-electron chi connectivity index (χ3n) is 2.71. The molecule has 3 heteroatoms. The highest BCUT2D eigenvalue weighted by molar-refractivity contribution is 7.11. The molecule has 0 atom stereocenters. The molecule has 0 fully saturated rings. The number of nitriles is 1. The molecule has 0 aliphatic carbocycles. The second-order valence-corrected chi connectivity index (χ2v) is 5.15. The predicted molar refractivity (Wildman–Crippen MR) is 78.4 cm³/mol. The molecule has 1 aromatic heterocycles. The van der Waals surface area contributed by atoms with Crippen LogP contribution in [0.2, 0.25) is 0 Å². The lowest BCUT2D eigenvalue weighted by Gasteiger charge is -2.03. The molecule has 0 aliphatic rings. The molecule has 0 aliphatic heterocycles. The van der Waals surface area contributed by atoms with Crippen LogP contribution in [0.25, 0.3) is 10.6 Å². The second-order valence-electron chi connectivity index (χ2n) is 3.83. The molecule has 0 N–H and O–H groups in total. The Morgan fingerprint density at radius 2 is 2.00 bits per heavy atom. The fraction of sp³-hybridized carbons (Fsp3) is 0.133. The largest absolute Gasteiger partial charge is 0.192 e. The van der Waals surface area contributed by atoms with Crippen molar-refractivity contribution in [3.05, 3.63) is 57.8 Å². The number of nitrogens with zero attached hydrogens (tertiary/aromatic N) is 1. The Labute approximate surface area is 116 Å². The van der Waals surface area contributed by atoms with Crippen molar-refractivity contribution in [1.82, 2.24) is 0 Å². The van der Waals surface area contributed by atoms with E-state index < -0.39 is 0 Å². The highest BCUT2D eigenvalue weighted by atomic mass is 35.5. The van der Waals surface area contributed by atoms with Gasteiger partial charge in [-0.3, -0.25) is 0 Å².